The summed E-state index contributed by atoms with van der Waals surface area (Å²) in [6.45, 7) is 4.03. The van der Waals surface area contributed by atoms with Crippen molar-refractivity contribution in [2.75, 3.05) is 6.61 Å². The molecule has 23 heavy (non-hydrogen) atoms. The van der Waals surface area contributed by atoms with E-state index in [0.717, 1.165) is 5.56 Å². The van der Waals surface area contributed by atoms with Gasteiger partial charge in [-0.3, -0.25) is 0 Å². The van der Waals surface area contributed by atoms with Crippen molar-refractivity contribution in [1.29, 1.82) is 0 Å². The van der Waals surface area contributed by atoms with Crippen LogP contribution in [0.5, 0.6) is 17.2 Å². The molecule has 0 fully saturated rings. The molecule has 0 aliphatic heterocycles. The van der Waals surface area contributed by atoms with Gasteiger partial charge in [0.05, 0.1) is 12.1 Å². The van der Waals surface area contributed by atoms with Gasteiger partial charge in [-0.15, -0.1) is 0 Å². The Balaban J connectivity index is 1.93. The molecule has 1 aromatic heterocycles. The van der Waals surface area contributed by atoms with Crippen molar-refractivity contribution in [1.82, 2.24) is 4.98 Å². The number of aromatic amines is 1. The normalized spacial score (nSPS) is 10.7. The number of aromatic nitrogens is 1. The highest BCUT2D eigenvalue weighted by molar-refractivity contribution is 5.97. The van der Waals surface area contributed by atoms with Crippen molar-refractivity contribution in [3.63, 3.8) is 0 Å². The number of nitrogens with one attached hydrogen (secondary N) is 1. The number of rotatable bonds is 4. The molecule has 5 heteroatoms. The number of carbonyl (C=O) groups is 1. The Hall–Kier alpha value is -2.95. The molecule has 0 spiro atoms. The van der Waals surface area contributed by atoms with Crippen molar-refractivity contribution < 1.29 is 19.4 Å². The number of H-pyrrole nitrogens is 1. The minimum atomic E-state index is -0.455. The van der Waals surface area contributed by atoms with Gasteiger partial charge in [0.25, 0.3) is 0 Å². The van der Waals surface area contributed by atoms with Gasteiger partial charge < -0.3 is 19.6 Å². The highest BCUT2D eigenvalue weighted by atomic mass is 16.5. The van der Waals surface area contributed by atoms with Gasteiger partial charge in [0.2, 0.25) is 0 Å². The third-order valence-electron chi connectivity index (χ3n) is 3.43. The topological polar surface area (TPSA) is 71.6 Å². The Kier molecular flexibility index (Phi) is 3.93. The van der Waals surface area contributed by atoms with E-state index in [-0.39, 0.29) is 5.75 Å². The second-order valence-electron chi connectivity index (χ2n) is 5.23. The number of fused-ring (bicyclic) bond motifs is 1. The summed E-state index contributed by atoms with van der Waals surface area (Å²) in [6, 6.07) is 12.5. The van der Waals surface area contributed by atoms with E-state index in [1.54, 1.807) is 19.1 Å². The van der Waals surface area contributed by atoms with Crippen LogP contribution in [-0.2, 0) is 4.74 Å². The number of hydrogen-bond donors (Lipinski definition) is 2. The van der Waals surface area contributed by atoms with Crippen LogP contribution in [0.1, 0.15) is 23.0 Å². The molecule has 0 amide bonds. The smallest absolute Gasteiger partial charge is 0.354 e. The number of esters is 1. The van der Waals surface area contributed by atoms with Gasteiger partial charge in [0, 0.05) is 11.5 Å². The number of ether oxygens (including phenoxy) is 2. The summed E-state index contributed by atoms with van der Waals surface area (Å²) in [5.41, 5.74) is 1.91. The number of hydrogen-bond acceptors (Lipinski definition) is 4. The standard InChI is InChI=1S/C18H17NO4/c1-3-22-18(21)15-9-12-8-14(10-16(20)17(12)19-15)23-13-6-4-11(2)5-7-13/h4-10,19-20H,3H2,1-2H3. The van der Waals surface area contributed by atoms with E-state index in [9.17, 15) is 9.90 Å². The quantitative estimate of drug-likeness (QED) is 0.710. The molecule has 2 aromatic carbocycles. The van der Waals surface area contributed by atoms with E-state index in [4.69, 9.17) is 9.47 Å². The average Bonchev–Trinajstić information content (AvgIpc) is 2.95. The molecule has 1 heterocycles. The molecule has 0 bridgehead atoms. The molecular formula is C18H17NO4. The summed E-state index contributed by atoms with van der Waals surface area (Å²) in [5, 5.41) is 10.8. The lowest BCUT2D eigenvalue weighted by Crippen LogP contribution is -2.04. The molecule has 118 valence electrons. The van der Waals surface area contributed by atoms with Crippen LogP contribution in [0, 0.1) is 6.92 Å². The largest absolute Gasteiger partial charge is 0.506 e. The van der Waals surface area contributed by atoms with Crippen LogP contribution in [-0.4, -0.2) is 22.7 Å². The Labute approximate surface area is 133 Å². The molecule has 0 unspecified atom stereocenters. The van der Waals surface area contributed by atoms with Crippen LogP contribution in [0.25, 0.3) is 10.9 Å². The molecule has 2 N–H and O–H groups in total. The Morgan fingerprint density at radius 1 is 1.13 bits per heavy atom. The van der Waals surface area contributed by atoms with E-state index >= 15 is 0 Å². The van der Waals surface area contributed by atoms with Gasteiger partial charge in [-0.05, 0) is 38.1 Å². The van der Waals surface area contributed by atoms with Crippen molar-refractivity contribution in [2.45, 2.75) is 13.8 Å². The first-order chi connectivity index (χ1) is 11.1. The number of aryl methyl sites for hydroxylation is 1. The zero-order chi connectivity index (χ0) is 16.4. The van der Waals surface area contributed by atoms with Crippen LogP contribution in [0.3, 0.4) is 0 Å². The summed E-state index contributed by atoms with van der Waals surface area (Å²) in [7, 11) is 0. The Morgan fingerprint density at radius 2 is 1.87 bits per heavy atom. The number of phenols is 1. The van der Waals surface area contributed by atoms with Crippen LogP contribution in [0.4, 0.5) is 0 Å². The zero-order valence-corrected chi connectivity index (χ0v) is 12.9. The summed E-state index contributed by atoms with van der Waals surface area (Å²) in [6.07, 6.45) is 0. The van der Waals surface area contributed by atoms with Crippen molar-refractivity contribution in [2.24, 2.45) is 0 Å². The first-order valence-corrected chi connectivity index (χ1v) is 7.34. The molecular weight excluding hydrogens is 294 g/mol. The lowest BCUT2D eigenvalue weighted by atomic mass is 10.2. The SMILES string of the molecule is CCOC(=O)c1cc2cc(Oc3ccc(C)cc3)cc(O)c2[nH]1. The van der Waals surface area contributed by atoms with Gasteiger partial charge in [-0.25, -0.2) is 4.79 Å². The lowest BCUT2D eigenvalue weighted by molar-refractivity contribution is 0.0520. The molecule has 0 aliphatic rings. The summed E-state index contributed by atoms with van der Waals surface area (Å²) >= 11 is 0. The zero-order valence-electron chi connectivity index (χ0n) is 12.9. The van der Waals surface area contributed by atoms with Crippen molar-refractivity contribution in [3.05, 3.63) is 53.7 Å². The van der Waals surface area contributed by atoms with E-state index in [1.807, 2.05) is 31.2 Å². The fraction of sp³-hybridized carbons (Fsp3) is 0.167. The van der Waals surface area contributed by atoms with Crippen molar-refractivity contribution in [3.8, 4) is 17.2 Å². The second-order valence-corrected chi connectivity index (χ2v) is 5.23. The minimum Gasteiger partial charge on any atom is -0.506 e. The van der Waals surface area contributed by atoms with E-state index < -0.39 is 5.97 Å². The van der Waals surface area contributed by atoms with Gasteiger partial charge in [0.15, 0.2) is 0 Å². The van der Waals surface area contributed by atoms with Gasteiger partial charge >= 0.3 is 5.97 Å². The van der Waals surface area contributed by atoms with Crippen LogP contribution >= 0.6 is 0 Å². The minimum absolute atomic E-state index is 0.0140. The maximum Gasteiger partial charge on any atom is 0.354 e. The number of aromatic hydroxyl groups is 1. The number of carbonyl (C=O) groups excluding carboxylic acids is 1. The van der Waals surface area contributed by atoms with Gasteiger partial charge in [-0.1, -0.05) is 17.7 Å². The highest BCUT2D eigenvalue weighted by Crippen LogP contribution is 2.33. The molecule has 0 radical (unpaired) electrons. The predicted molar refractivity (Wildman–Crippen MR) is 87.2 cm³/mol. The molecule has 0 aliphatic carbocycles. The summed E-state index contributed by atoms with van der Waals surface area (Å²) in [4.78, 5) is 14.6. The van der Waals surface area contributed by atoms with Crippen LogP contribution < -0.4 is 4.74 Å². The molecule has 0 atom stereocenters. The average molecular weight is 311 g/mol. The molecule has 0 saturated heterocycles. The van der Waals surface area contributed by atoms with Gasteiger partial charge in [-0.2, -0.15) is 0 Å². The fourth-order valence-corrected chi connectivity index (χ4v) is 2.32. The van der Waals surface area contributed by atoms with Crippen LogP contribution in [0.2, 0.25) is 0 Å². The predicted octanol–water partition coefficient (Wildman–Crippen LogP) is 4.15. The summed E-state index contributed by atoms with van der Waals surface area (Å²) in [5.74, 6) is 0.730. The van der Waals surface area contributed by atoms with E-state index in [1.165, 1.54) is 6.07 Å². The molecule has 3 aromatic rings. The van der Waals surface area contributed by atoms with Gasteiger partial charge in [0.1, 0.15) is 22.9 Å². The lowest BCUT2D eigenvalue weighted by Gasteiger charge is -2.07. The monoisotopic (exact) mass is 311 g/mol. The highest BCUT2D eigenvalue weighted by Gasteiger charge is 2.14. The van der Waals surface area contributed by atoms with Crippen LogP contribution in [0.15, 0.2) is 42.5 Å². The molecule has 5 nitrogen and oxygen atoms in total. The third-order valence-corrected chi connectivity index (χ3v) is 3.43. The third kappa shape index (κ3) is 3.13. The molecule has 3 rings (SSSR count). The van der Waals surface area contributed by atoms with Crippen molar-refractivity contribution >= 4 is 16.9 Å². The first kappa shape index (κ1) is 15.0. The number of benzene rings is 2. The Bertz CT molecular complexity index is 849. The number of phenolic OH excluding ortho intramolecular Hbond substituents is 1. The first-order valence-electron chi connectivity index (χ1n) is 7.34. The maximum absolute atomic E-state index is 11.8. The van der Waals surface area contributed by atoms with E-state index in [0.29, 0.717) is 34.7 Å². The fourth-order valence-electron chi connectivity index (χ4n) is 2.32. The Morgan fingerprint density at radius 3 is 2.57 bits per heavy atom. The maximum atomic E-state index is 11.8. The molecule has 0 saturated carbocycles. The van der Waals surface area contributed by atoms with E-state index in [2.05, 4.69) is 4.98 Å². The second kappa shape index (κ2) is 6.04. The summed E-state index contributed by atoms with van der Waals surface area (Å²) < 4.78 is 10.7.